The molecule has 1 aromatic heterocycles. The van der Waals surface area contributed by atoms with Gasteiger partial charge >= 0.3 is 0 Å². The summed E-state index contributed by atoms with van der Waals surface area (Å²) in [6.45, 7) is 5.50. The molecular weight excluding hydrogens is 387 g/mol. The number of nitrogens with zero attached hydrogens (tertiary/aromatic N) is 3. The van der Waals surface area contributed by atoms with Crippen molar-refractivity contribution in [1.82, 2.24) is 14.5 Å². The summed E-state index contributed by atoms with van der Waals surface area (Å²) in [4.78, 5) is 18.7. The second-order valence-electron chi connectivity index (χ2n) is 8.24. The average Bonchev–Trinajstić information content (AvgIpc) is 3.19. The van der Waals surface area contributed by atoms with E-state index < -0.39 is 17.7 Å². The Bertz CT molecular complexity index is 1050. The quantitative estimate of drug-likeness (QED) is 0.749. The van der Waals surface area contributed by atoms with Gasteiger partial charge in [0.1, 0.15) is 30.0 Å². The van der Waals surface area contributed by atoms with E-state index in [0.717, 1.165) is 0 Å². The highest BCUT2D eigenvalue weighted by molar-refractivity contribution is 5.93. The maximum absolute atomic E-state index is 13.7. The number of amides is 1. The van der Waals surface area contributed by atoms with Gasteiger partial charge in [0.15, 0.2) is 5.69 Å². The lowest BCUT2D eigenvalue weighted by atomic mass is 10.1. The van der Waals surface area contributed by atoms with Gasteiger partial charge in [0.25, 0.3) is 5.91 Å². The van der Waals surface area contributed by atoms with Gasteiger partial charge in [-0.2, -0.15) is 0 Å². The number of primary amides is 1. The van der Waals surface area contributed by atoms with Crippen LogP contribution >= 0.6 is 0 Å². The van der Waals surface area contributed by atoms with Crippen molar-refractivity contribution in [3.8, 4) is 29.0 Å². The fourth-order valence-electron chi connectivity index (χ4n) is 3.81. The first-order valence-corrected chi connectivity index (χ1v) is 9.99. The summed E-state index contributed by atoms with van der Waals surface area (Å²) < 4.78 is 21.5. The second-order valence-corrected chi connectivity index (χ2v) is 8.24. The first kappa shape index (κ1) is 20.4. The van der Waals surface area contributed by atoms with Crippen LogP contribution in [0.5, 0.6) is 5.75 Å². The Hall–Kier alpha value is -2.89. The number of halogens is 1. The lowest BCUT2D eigenvalue weighted by Gasteiger charge is -2.17. The summed E-state index contributed by atoms with van der Waals surface area (Å²) >= 11 is 0. The van der Waals surface area contributed by atoms with E-state index in [2.05, 4.69) is 16.8 Å². The number of rotatable bonds is 3. The summed E-state index contributed by atoms with van der Waals surface area (Å²) in [6.07, 6.45) is -0.364. The Morgan fingerprint density at radius 1 is 1.43 bits per heavy atom. The third-order valence-corrected chi connectivity index (χ3v) is 5.20. The molecule has 1 fully saturated rings. The van der Waals surface area contributed by atoms with E-state index in [4.69, 9.17) is 10.5 Å². The number of fused-ring (bicyclic) bond motifs is 3. The maximum atomic E-state index is 13.7. The van der Waals surface area contributed by atoms with Crippen molar-refractivity contribution in [2.45, 2.75) is 45.1 Å². The molecule has 2 aromatic rings. The molecule has 1 amide bonds. The number of hydrogen-bond donors (Lipinski definition) is 2. The van der Waals surface area contributed by atoms with Gasteiger partial charge in [0.05, 0.1) is 17.8 Å². The number of aromatic nitrogens is 2. The van der Waals surface area contributed by atoms with Crippen LogP contribution in [0.4, 0.5) is 4.39 Å². The summed E-state index contributed by atoms with van der Waals surface area (Å²) in [5, 5.41) is 9.88. The Morgan fingerprint density at radius 3 is 2.90 bits per heavy atom. The zero-order valence-electron chi connectivity index (χ0n) is 17.1. The molecule has 0 unspecified atom stereocenters. The van der Waals surface area contributed by atoms with Crippen molar-refractivity contribution in [3.63, 3.8) is 0 Å². The topological polar surface area (TPSA) is 93.6 Å². The van der Waals surface area contributed by atoms with Crippen molar-refractivity contribution in [2.75, 3.05) is 19.7 Å². The molecule has 3 N–H and O–H groups in total. The standard InChI is InChI=1S/C22H25FN4O3/c1-22(2,29)7-5-14-3-4-18-16(11-14)21-25-19(20(24)28)17(27(21)9-10-30-18)13-26-8-6-15(23)12-26/h3-4,11,15,29H,6,8-10,12-13H2,1-2H3,(H2,24,28)/t15-/m0/s1. The molecule has 0 aliphatic carbocycles. The summed E-state index contributed by atoms with van der Waals surface area (Å²) in [5.74, 6) is 6.36. The molecule has 0 spiro atoms. The highest BCUT2D eigenvalue weighted by Crippen LogP contribution is 2.35. The zero-order chi connectivity index (χ0) is 21.5. The molecule has 1 atom stereocenters. The van der Waals surface area contributed by atoms with Crippen LogP contribution in [0, 0.1) is 11.8 Å². The van der Waals surface area contributed by atoms with Crippen LogP contribution in [0.3, 0.4) is 0 Å². The number of carbonyl (C=O) groups is 1. The molecule has 0 radical (unpaired) electrons. The highest BCUT2D eigenvalue weighted by atomic mass is 19.1. The van der Waals surface area contributed by atoms with Gasteiger partial charge in [0, 0.05) is 25.2 Å². The predicted octanol–water partition coefficient (Wildman–Crippen LogP) is 1.71. The molecule has 4 rings (SSSR count). The lowest BCUT2D eigenvalue weighted by molar-refractivity contribution is 0.0993. The van der Waals surface area contributed by atoms with Gasteiger partial charge < -0.3 is 20.1 Å². The fourth-order valence-corrected chi connectivity index (χ4v) is 3.81. The van der Waals surface area contributed by atoms with Gasteiger partial charge in [-0.3, -0.25) is 9.69 Å². The van der Waals surface area contributed by atoms with E-state index in [1.165, 1.54) is 0 Å². The number of imidazole rings is 1. The van der Waals surface area contributed by atoms with E-state index in [-0.39, 0.29) is 5.69 Å². The van der Waals surface area contributed by atoms with E-state index >= 15 is 0 Å². The molecule has 30 heavy (non-hydrogen) atoms. The van der Waals surface area contributed by atoms with Crippen molar-refractivity contribution in [3.05, 3.63) is 35.2 Å². The Kier molecular flexibility index (Phi) is 5.26. The summed E-state index contributed by atoms with van der Waals surface area (Å²) in [7, 11) is 0. The molecule has 0 saturated carbocycles. The summed E-state index contributed by atoms with van der Waals surface area (Å²) in [5.41, 5.74) is 6.78. The third-order valence-electron chi connectivity index (χ3n) is 5.20. The highest BCUT2D eigenvalue weighted by Gasteiger charge is 2.29. The van der Waals surface area contributed by atoms with Crippen LogP contribution in [-0.2, 0) is 13.1 Å². The van der Waals surface area contributed by atoms with E-state index in [1.807, 2.05) is 27.7 Å². The van der Waals surface area contributed by atoms with E-state index in [1.54, 1.807) is 13.8 Å². The minimum Gasteiger partial charge on any atom is -0.491 e. The largest absolute Gasteiger partial charge is 0.491 e. The van der Waals surface area contributed by atoms with E-state index in [0.29, 0.717) is 67.6 Å². The zero-order valence-corrected chi connectivity index (χ0v) is 17.1. The Labute approximate surface area is 174 Å². The number of aliphatic hydroxyl groups is 1. The molecule has 2 aliphatic rings. The van der Waals surface area contributed by atoms with Crippen LogP contribution in [0.25, 0.3) is 11.4 Å². The van der Waals surface area contributed by atoms with Gasteiger partial charge in [0.2, 0.25) is 0 Å². The fraction of sp³-hybridized carbons (Fsp3) is 0.455. The molecular formula is C22H25FN4O3. The van der Waals surface area contributed by atoms with Crippen molar-refractivity contribution < 1.29 is 19.0 Å². The lowest BCUT2D eigenvalue weighted by Crippen LogP contribution is -2.25. The first-order chi connectivity index (χ1) is 14.2. The second kappa shape index (κ2) is 7.74. The molecule has 7 nitrogen and oxygen atoms in total. The summed E-state index contributed by atoms with van der Waals surface area (Å²) in [6, 6.07) is 5.46. The van der Waals surface area contributed by atoms with Crippen LogP contribution in [0.15, 0.2) is 18.2 Å². The predicted molar refractivity (Wildman–Crippen MR) is 110 cm³/mol. The minimum atomic E-state index is -1.11. The van der Waals surface area contributed by atoms with Crippen molar-refractivity contribution >= 4 is 5.91 Å². The molecule has 2 aliphatic heterocycles. The monoisotopic (exact) mass is 412 g/mol. The molecule has 3 heterocycles. The van der Waals surface area contributed by atoms with Crippen LogP contribution in [0.2, 0.25) is 0 Å². The normalized spacial score (nSPS) is 18.6. The van der Waals surface area contributed by atoms with Gasteiger partial charge in [-0.25, -0.2) is 9.37 Å². The Morgan fingerprint density at radius 2 is 2.23 bits per heavy atom. The number of likely N-dealkylation sites (tertiary alicyclic amines) is 1. The number of carbonyl (C=O) groups excluding carboxylic acids is 1. The molecule has 1 aromatic carbocycles. The van der Waals surface area contributed by atoms with Gasteiger partial charge in [-0.05, 0) is 38.5 Å². The van der Waals surface area contributed by atoms with Crippen LogP contribution < -0.4 is 10.5 Å². The molecule has 158 valence electrons. The molecule has 0 bridgehead atoms. The van der Waals surface area contributed by atoms with E-state index in [9.17, 15) is 14.3 Å². The smallest absolute Gasteiger partial charge is 0.269 e. The maximum Gasteiger partial charge on any atom is 0.269 e. The van der Waals surface area contributed by atoms with Crippen LogP contribution in [-0.4, -0.2) is 56.9 Å². The number of benzene rings is 1. The average molecular weight is 412 g/mol. The van der Waals surface area contributed by atoms with Crippen molar-refractivity contribution in [2.24, 2.45) is 5.73 Å². The van der Waals surface area contributed by atoms with Crippen molar-refractivity contribution in [1.29, 1.82) is 0 Å². The molecule has 8 heteroatoms. The number of hydrogen-bond acceptors (Lipinski definition) is 5. The molecule has 1 saturated heterocycles. The third kappa shape index (κ3) is 4.18. The SMILES string of the molecule is CC(C)(O)C#Cc1ccc2c(c1)-c1nc(C(N)=O)c(CN3CC[C@H](F)C3)n1CCO2. The Balaban J connectivity index is 1.79. The first-order valence-electron chi connectivity index (χ1n) is 9.99. The van der Waals surface area contributed by atoms with Gasteiger partial charge in [-0.1, -0.05) is 11.8 Å². The number of nitrogens with two attached hydrogens (primary N) is 1. The number of ether oxygens (including phenoxy) is 1. The van der Waals surface area contributed by atoms with Gasteiger partial charge in [-0.15, -0.1) is 0 Å². The minimum absolute atomic E-state index is 0.202. The van der Waals surface area contributed by atoms with Crippen LogP contribution in [0.1, 0.15) is 42.0 Å². The number of alkyl halides is 1.